The third-order valence-electron chi connectivity index (χ3n) is 0.924. The summed E-state index contributed by atoms with van der Waals surface area (Å²) in [5.41, 5.74) is 0. The average molecular weight is 246 g/mol. The van der Waals surface area contributed by atoms with Gasteiger partial charge in [0.15, 0.2) is 0 Å². The largest absolute Gasteiger partial charge is 2.00 e. The number of aliphatic carboxylic acids is 2. The molecule has 0 bridgehead atoms. The Bertz CT molecular complexity index is 160. The first-order chi connectivity index (χ1) is 6.25. The van der Waals surface area contributed by atoms with Gasteiger partial charge in [0.25, 0.3) is 0 Å². The van der Waals surface area contributed by atoms with Crippen LogP contribution in [0.3, 0.4) is 0 Å². The summed E-state index contributed by atoms with van der Waals surface area (Å²) in [5, 5.41) is 35.7. The van der Waals surface area contributed by atoms with Crippen molar-refractivity contribution in [3.8, 4) is 0 Å². The summed E-state index contributed by atoms with van der Waals surface area (Å²) in [6.07, 6.45) is -2.13. The molecule has 0 rings (SSSR count). The predicted molar refractivity (Wildman–Crippen MR) is 48.4 cm³/mol. The Kier molecular flexibility index (Phi) is 16.7. The molecule has 0 spiro atoms. The molecular weight excluding hydrogens is 232 g/mol. The fourth-order valence-electron chi connectivity index (χ4n) is 0.482. The summed E-state index contributed by atoms with van der Waals surface area (Å²) in [4.78, 5) is 19.1. The standard InChI is InChI=1S/2C4H8O3.Ca/c2*1-3(5)2-4(6)7;/h2*3,5H,2H2,1H3,(H,6,7);/q;;+2/p-2/t2*3-;/m11./s1. The van der Waals surface area contributed by atoms with Crippen LogP contribution in [0.4, 0.5) is 0 Å². The van der Waals surface area contributed by atoms with Crippen molar-refractivity contribution >= 4 is 49.7 Å². The van der Waals surface area contributed by atoms with Crippen LogP contribution in [-0.2, 0) is 9.59 Å². The number of carboxylic acids is 2. The van der Waals surface area contributed by atoms with Gasteiger partial charge in [-0.1, -0.05) is 0 Å². The third-order valence-corrected chi connectivity index (χ3v) is 0.924. The molecule has 0 amide bonds. The van der Waals surface area contributed by atoms with Crippen molar-refractivity contribution < 1.29 is 30.0 Å². The van der Waals surface area contributed by atoms with Crippen molar-refractivity contribution in [3.63, 3.8) is 0 Å². The monoisotopic (exact) mass is 246 g/mol. The Hall–Kier alpha value is 0.120. The number of hydrogen-bond acceptors (Lipinski definition) is 6. The zero-order valence-electron chi connectivity index (χ0n) is 8.80. The second-order valence-electron chi connectivity index (χ2n) is 2.85. The van der Waals surface area contributed by atoms with Crippen LogP contribution >= 0.6 is 0 Å². The first kappa shape index (κ1) is 20.5. The van der Waals surface area contributed by atoms with Gasteiger partial charge < -0.3 is 30.0 Å². The molecule has 15 heavy (non-hydrogen) atoms. The number of hydrogen-bond donors (Lipinski definition) is 2. The van der Waals surface area contributed by atoms with Crippen LogP contribution in [0.1, 0.15) is 26.7 Å². The molecule has 0 heterocycles. The van der Waals surface area contributed by atoms with E-state index < -0.39 is 24.1 Å². The van der Waals surface area contributed by atoms with Gasteiger partial charge in [-0.15, -0.1) is 0 Å². The van der Waals surface area contributed by atoms with E-state index in [1.165, 1.54) is 13.8 Å². The van der Waals surface area contributed by atoms with E-state index in [1.807, 2.05) is 0 Å². The molecule has 0 saturated heterocycles. The molecular formula is C8H14CaO6. The average Bonchev–Trinajstić information content (AvgIpc) is 1.79. The quantitative estimate of drug-likeness (QED) is 0.500. The zero-order valence-corrected chi connectivity index (χ0v) is 11.0. The first-order valence-corrected chi connectivity index (χ1v) is 4.01. The van der Waals surface area contributed by atoms with Crippen molar-refractivity contribution in [1.82, 2.24) is 0 Å². The molecule has 0 aliphatic carbocycles. The summed E-state index contributed by atoms with van der Waals surface area (Å²) in [5.74, 6) is -2.43. The minimum atomic E-state index is -1.21. The molecule has 6 nitrogen and oxygen atoms in total. The number of carboxylic acid groups (broad SMARTS) is 2. The van der Waals surface area contributed by atoms with E-state index in [9.17, 15) is 19.8 Å². The van der Waals surface area contributed by atoms with E-state index in [0.29, 0.717) is 0 Å². The van der Waals surface area contributed by atoms with Gasteiger partial charge in [0.2, 0.25) is 0 Å². The fraction of sp³-hybridized carbons (Fsp3) is 0.750. The Labute approximate surface area is 118 Å². The maximum absolute atomic E-state index is 9.54. The minimum absolute atomic E-state index is 0. The second-order valence-corrected chi connectivity index (χ2v) is 2.85. The Morgan fingerprint density at radius 3 is 1.20 bits per heavy atom. The van der Waals surface area contributed by atoms with Crippen molar-refractivity contribution in [2.75, 3.05) is 0 Å². The molecule has 7 heteroatoms. The molecule has 0 radical (unpaired) electrons. The van der Waals surface area contributed by atoms with Crippen LogP contribution < -0.4 is 10.2 Å². The van der Waals surface area contributed by atoms with Gasteiger partial charge in [-0.3, -0.25) is 0 Å². The Morgan fingerprint density at radius 2 is 1.20 bits per heavy atom. The van der Waals surface area contributed by atoms with Crippen LogP contribution in [0.15, 0.2) is 0 Å². The Morgan fingerprint density at radius 1 is 1.00 bits per heavy atom. The first-order valence-electron chi connectivity index (χ1n) is 4.01. The van der Waals surface area contributed by atoms with E-state index in [4.69, 9.17) is 10.2 Å². The topological polar surface area (TPSA) is 121 Å². The van der Waals surface area contributed by atoms with E-state index in [-0.39, 0.29) is 50.6 Å². The number of carbonyl (C=O) groups excluding carboxylic acids is 2. The molecule has 0 saturated carbocycles. The summed E-state index contributed by atoms with van der Waals surface area (Å²) in [6, 6.07) is 0. The SMILES string of the molecule is C[C@@H](O)CC(=O)[O-].C[C@@H](O)CC(=O)[O-].[Ca+2]. The van der Waals surface area contributed by atoms with Gasteiger partial charge in [0.1, 0.15) is 0 Å². The smallest absolute Gasteiger partial charge is 0.550 e. The van der Waals surface area contributed by atoms with Gasteiger partial charge in [-0.05, 0) is 13.8 Å². The van der Waals surface area contributed by atoms with Crippen LogP contribution in [-0.4, -0.2) is 72.1 Å². The molecule has 0 unspecified atom stereocenters. The summed E-state index contributed by atoms with van der Waals surface area (Å²) < 4.78 is 0. The van der Waals surface area contributed by atoms with E-state index in [1.54, 1.807) is 0 Å². The van der Waals surface area contributed by atoms with Crippen LogP contribution in [0.5, 0.6) is 0 Å². The van der Waals surface area contributed by atoms with Crippen molar-refractivity contribution in [2.45, 2.75) is 38.9 Å². The summed E-state index contributed by atoms with van der Waals surface area (Å²) >= 11 is 0. The molecule has 0 fully saturated rings. The molecule has 84 valence electrons. The number of aliphatic hydroxyl groups is 2. The molecule has 2 N–H and O–H groups in total. The number of rotatable bonds is 4. The zero-order chi connectivity index (χ0) is 11.7. The predicted octanol–water partition coefficient (Wildman–Crippen LogP) is -3.37. The summed E-state index contributed by atoms with van der Waals surface area (Å²) in [6.45, 7) is 2.80. The molecule has 0 aliphatic rings. The second kappa shape index (κ2) is 12.2. The Balaban J connectivity index is -0.000000180. The van der Waals surface area contributed by atoms with E-state index in [0.717, 1.165) is 0 Å². The molecule has 0 aromatic rings. The van der Waals surface area contributed by atoms with Gasteiger partial charge in [0.05, 0.1) is 12.2 Å². The molecule has 2 atom stereocenters. The third kappa shape index (κ3) is 31.5. The van der Waals surface area contributed by atoms with Gasteiger partial charge in [-0.2, -0.15) is 0 Å². The van der Waals surface area contributed by atoms with Crippen molar-refractivity contribution in [2.24, 2.45) is 0 Å². The fourth-order valence-corrected chi connectivity index (χ4v) is 0.482. The van der Waals surface area contributed by atoms with E-state index >= 15 is 0 Å². The van der Waals surface area contributed by atoms with Crippen molar-refractivity contribution in [1.29, 1.82) is 0 Å². The van der Waals surface area contributed by atoms with Crippen LogP contribution in [0, 0.1) is 0 Å². The van der Waals surface area contributed by atoms with Gasteiger partial charge >= 0.3 is 37.7 Å². The van der Waals surface area contributed by atoms with Crippen LogP contribution in [0.25, 0.3) is 0 Å². The molecule has 0 aromatic heterocycles. The normalized spacial score (nSPS) is 12.5. The maximum Gasteiger partial charge on any atom is 2.00 e. The van der Waals surface area contributed by atoms with Crippen LogP contribution in [0.2, 0.25) is 0 Å². The summed E-state index contributed by atoms with van der Waals surface area (Å²) in [7, 11) is 0. The molecule has 0 aromatic carbocycles. The number of aliphatic hydroxyl groups excluding tert-OH is 2. The number of carbonyl (C=O) groups is 2. The van der Waals surface area contributed by atoms with Gasteiger partial charge in [-0.25, -0.2) is 0 Å². The minimum Gasteiger partial charge on any atom is -0.550 e. The van der Waals surface area contributed by atoms with E-state index in [2.05, 4.69) is 0 Å². The molecule has 0 aliphatic heterocycles. The maximum atomic E-state index is 9.54. The van der Waals surface area contributed by atoms with Gasteiger partial charge in [0, 0.05) is 24.8 Å². The van der Waals surface area contributed by atoms with Crippen molar-refractivity contribution in [3.05, 3.63) is 0 Å².